The standard InChI is InChI=1S/C10H22N2O2S/c1-9(5-3-7-13)12-10(14)11-6-4-8-15-2/h9,13H,3-8H2,1-2H3,(H2,11,12,14). The van der Waals surface area contributed by atoms with Gasteiger partial charge in [0, 0.05) is 19.2 Å². The van der Waals surface area contributed by atoms with Crippen LogP contribution in [0, 0.1) is 0 Å². The molecular weight excluding hydrogens is 212 g/mol. The predicted molar refractivity (Wildman–Crippen MR) is 65.3 cm³/mol. The fraction of sp³-hybridized carbons (Fsp3) is 0.900. The molecule has 0 aromatic carbocycles. The number of aliphatic hydroxyl groups excluding tert-OH is 1. The Hall–Kier alpha value is -0.420. The Kier molecular flexibility index (Phi) is 9.83. The molecule has 5 heteroatoms. The Balaban J connectivity index is 3.38. The van der Waals surface area contributed by atoms with Gasteiger partial charge in [0.1, 0.15) is 0 Å². The van der Waals surface area contributed by atoms with Crippen LogP contribution in [0.5, 0.6) is 0 Å². The average molecular weight is 234 g/mol. The van der Waals surface area contributed by atoms with Crippen LogP contribution in [0.4, 0.5) is 4.79 Å². The molecule has 1 unspecified atom stereocenters. The van der Waals surface area contributed by atoms with Gasteiger partial charge in [-0.1, -0.05) is 0 Å². The van der Waals surface area contributed by atoms with Crippen molar-refractivity contribution < 1.29 is 9.90 Å². The molecule has 2 amide bonds. The monoisotopic (exact) mass is 234 g/mol. The van der Waals surface area contributed by atoms with Crippen LogP contribution < -0.4 is 10.6 Å². The maximum Gasteiger partial charge on any atom is 0.314 e. The highest BCUT2D eigenvalue weighted by Crippen LogP contribution is 1.95. The highest BCUT2D eigenvalue weighted by Gasteiger charge is 2.05. The van der Waals surface area contributed by atoms with Crippen LogP contribution in [0.2, 0.25) is 0 Å². The van der Waals surface area contributed by atoms with Gasteiger partial charge in [-0.25, -0.2) is 4.79 Å². The second kappa shape index (κ2) is 10.1. The minimum atomic E-state index is -0.110. The zero-order valence-electron chi connectivity index (χ0n) is 9.58. The molecule has 0 aromatic heterocycles. The van der Waals surface area contributed by atoms with Gasteiger partial charge >= 0.3 is 6.03 Å². The molecule has 0 rings (SSSR count). The normalized spacial score (nSPS) is 12.2. The molecule has 1 atom stereocenters. The summed E-state index contributed by atoms with van der Waals surface area (Å²) < 4.78 is 0. The lowest BCUT2D eigenvalue weighted by Gasteiger charge is -2.13. The summed E-state index contributed by atoms with van der Waals surface area (Å²) in [6.45, 7) is 2.85. The van der Waals surface area contributed by atoms with Crippen LogP contribution in [0.3, 0.4) is 0 Å². The van der Waals surface area contributed by atoms with Crippen molar-refractivity contribution in [2.75, 3.05) is 25.2 Å². The Morgan fingerprint density at radius 1 is 1.47 bits per heavy atom. The highest BCUT2D eigenvalue weighted by atomic mass is 32.2. The zero-order valence-corrected chi connectivity index (χ0v) is 10.4. The maximum atomic E-state index is 11.3. The topological polar surface area (TPSA) is 61.4 Å². The number of nitrogens with one attached hydrogen (secondary N) is 2. The summed E-state index contributed by atoms with van der Waals surface area (Å²) in [5.41, 5.74) is 0. The zero-order chi connectivity index (χ0) is 11.5. The van der Waals surface area contributed by atoms with Crippen LogP contribution in [-0.4, -0.2) is 42.3 Å². The molecule has 0 aliphatic rings. The number of urea groups is 1. The van der Waals surface area contributed by atoms with Crippen LogP contribution >= 0.6 is 11.8 Å². The quantitative estimate of drug-likeness (QED) is 0.553. The van der Waals surface area contributed by atoms with Gasteiger partial charge in [0.25, 0.3) is 0 Å². The van der Waals surface area contributed by atoms with E-state index in [0.717, 1.165) is 31.6 Å². The first-order chi connectivity index (χ1) is 7.20. The van der Waals surface area contributed by atoms with Gasteiger partial charge in [0.15, 0.2) is 0 Å². The molecule has 0 aliphatic heterocycles. The SMILES string of the molecule is CSCCCNC(=O)NC(C)CCCO. The van der Waals surface area contributed by atoms with Crippen molar-refractivity contribution in [2.24, 2.45) is 0 Å². The number of thioether (sulfide) groups is 1. The van der Waals surface area contributed by atoms with Crippen LogP contribution in [0.15, 0.2) is 0 Å². The molecule has 0 fully saturated rings. The molecule has 0 aliphatic carbocycles. The van der Waals surface area contributed by atoms with Crippen molar-refractivity contribution in [3.63, 3.8) is 0 Å². The van der Waals surface area contributed by atoms with Crippen molar-refractivity contribution >= 4 is 17.8 Å². The number of carbonyl (C=O) groups excluding carboxylic acids is 1. The number of amides is 2. The summed E-state index contributed by atoms with van der Waals surface area (Å²) in [5.74, 6) is 1.07. The third-order valence-electron chi connectivity index (χ3n) is 1.98. The first kappa shape index (κ1) is 14.6. The van der Waals surface area contributed by atoms with Gasteiger partial charge in [0.05, 0.1) is 0 Å². The molecular formula is C10H22N2O2S. The molecule has 0 heterocycles. The molecule has 0 aromatic rings. The largest absolute Gasteiger partial charge is 0.396 e. The molecule has 0 saturated carbocycles. The van der Waals surface area contributed by atoms with E-state index in [9.17, 15) is 4.79 Å². The predicted octanol–water partition coefficient (Wildman–Crippen LogP) is 1.20. The van der Waals surface area contributed by atoms with E-state index in [-0.39, 0.29) is 18.7 Å². The van der Waals surface area contributed by atoms with E-state index in [1.54, 1.807) is 11.8 Å². The molecule has 0 saturated heterocycles. The summed E-state index contributed by atoms with van der Waals surface area (Å²) in [6, 6.07) is 0.0132. The smallest absolute Gasteiger partial charge is 0.314 e. The summed E-state index contributed by atoms with van der Waals surface area (Å²) >= 11 is 1.78. The van der Waals surface area contributed by atoms with Gasteiger partial charge < -0.3 is 15.7 Å². The van der Waals surface area contributed by atoms with Gasteiger partial charge in [-0.15, -0.1) is 0 Å². The molecule has 90 valence electrons. The van der Waals surface area contributed by atoms with Gasteiger partial charge in [-0.3, -0.25) is 0 Å². The fourth-order valence-electron chi connectivity index (χ4n) is 1.16. The van der Waals surface area contributed by atoms with Crippen molar-refractivity contribution in [3.8, 4) is 0 Å². The van der Waals surface area contributed by atoms with E-state index in [0.29, 0.717) is 0 Å². The van der Waals surface area contributed by atoms with Crippen molar-refractivity contribution in [2.45, 2.75) is 32.2 Å². The third-order valence-corrected chi connectivity index (χ3v) is 2.68. The van der Waals surface area contributed by atoms with E-state index < -0.39 is 0 Å². The number of rotatable bonds is 8. The van der Waals surface area contributed by atoms with E-state index >= 15 is 0 Å². The van der Waals surface area contributed by atoms with E-state index in [4.69, 9.17) is 5.11 Å². The van der Waals surface area contributed by atoms with Crippen molar-refractivity contribution in [3.05, 3.63) is 0 Å². The molecule has 4 nitrogen and oxygen atoms in total. The Morgan fingerprint density at radius 3 is 2.80 bits per heavy atom. The average Bonchev–Trinajstić information content (AvgIpc) is 2.21. The number of aliphatic hydroxyl groups is 1. The number of hydrogen-bond donors (Lipinski definition) is 3. The number of hydrogen-bond acceptors (Lipinski definition) is 3. The van der Waals surface area contributed by atoms with Crippen LogP contribution in [-0.2, 0) is 0 Å². The van der Waals surface area contributed by atoms with Gasteiger partial charge in [-0.05, 0) is 38.2 Å². The lowest BCUT2D eigenvalue weighted by atomic mass is 10.2. The molecule has 0 radical (unpaired) electrons. The van der Waals surface area contributed by atoms with Crippen molar-refractivity contribution in [1.82, 2.24) is 10.6 Å². The minimum Gasteiger partial charge on any atom is -0.396 e. The van der Waals surface area contributed by atoms with Gasteiger partial charge in [0.2, 0.25) is 0 Å². The summed E-state index contributed by atoms with van der Waals surface area (Å²) in [4.78, 5) is 11.3. The summed E-state index contributed by atoms with van der Waals surface area (Å²) in [6.07, 6.45) is 4.60. The highest BCUT2D eigenvalue weighted by molar-refractivity contribution is 7.98. The summed E-state index contributed by atoms with van der Waals surface area (Å²) in [5, 5.41) is 14.2. The number of carbonyl (C=O) groups is 1. The van der Waals surface area contributed by atoms with Crippen molar-refractivity contribution in [1.29, 1.82) is 0 Å². The lowest BCUT2D eigenvalue weighted by Crippen LogP contribution is -2.41. The lowest BCUT2D eigenvalue weighted by molar-refractivity contribution is 0.234. The van der Waals surface area contributed by atoms with Crippen LogP contribution in [0.25, 0.3) is 0 Å². The Bertz CT molecular complexity index is 168. The first-order valence-electron chi connectivity index (χ1n) is 5.35. The van der Waals surface area contributed by atoms with Crippen LogP contribution in [0.1, 0.15) is 26.2 Å². The Morgan fingerprint density at radius 2 is 2.20 bits per heavy atom. The fourth-order valence-corrected chi connectivity index (χ4v) is 1.60. The van der Waals surface area contributed by atoms with Gasteiger partial charge in [-0.2, -0.15) is 11.8 Å². The summed E-state index contributed by atoms with van der Waals surface area (Å²) in [7, 11) is 0. The van der Waals surface area contributed by atoms with E-state index in [1.165, 1.54) is 0 Å². The maximum absolute atomic E-state index is 11.3. The second-order valence-electron chi connectivity index (χ2n) is 3.51. The molecule has 15 heavy (non-hydrogen) atoms. The minimum absolute atomic E-state index is 0.110. The first-order valence-corrected chi connectivity index (χ1v) is 6.74. The Labute approximate surface area is 96.2 Å². The molecule has 0 bridgehead atoms. The molecule has 0 spiro atoms. The molecule has 3 N–H and O–H groups in total. The second-order valence-corrected chi connectivity index (χ2v) is 4.50. The third kappa shape index (κ3) is 9.87. The van der Waals surface area contributed by atoms with E-state index in [2.05, 4.69) is 16.9 Å². The van der Waals surface area contributed by atoms with E-state index in [1.807, 2.05) is 6.92 Å².